The molecule has 1 aliphatic heterocycles. The Morgan fingerprint density at radius 2 is 1.81 bits per heavy atom. The van der Waals surface area contributed by atoms with E-state index in [-0.39, 0.29) is 24.7 Å². The fourth-order valence-electron chi connectivity index (χ4n) is 3.37. The van der Waals surface area contributed by atoms with Crippen LogP contribution in [0.2, 0.25) is 0 Å². The lowest BCUT2D eigenvalue weighted by Crippen LogP contribution is -2.47. The van der Waals surface area contributed by atoms with E-state index in [9.17, 15) is 14.0 Å². The third-order valence-corrected chi connectivity index (χ3v) is 4.97. The number of hydrogen-bond acceptors (Lipinski definition) is 8. The molecule has 9 nitrogen and oxygen atoms in total. The van der Waals surface area contributed by atoms with E-state index in [0.717, 1.165) is 5.69 Å². The van der Waals surface area contributed by atoms with Crippen LogP contribution in [0.25, 0.3) is 0 Å². The van der Waals surface area contributed by atoms with Gasteiger partial charge in [0.15, 0.2) is 0 Å². The fraction of sp³-hybridized carbons (Fsp3) is 0.333. The van der Waals surface area contributed by atoms with Crippen LogP contribution in [0.3, 0.4) is 0 Å². The first-order valence-electron chi connectivity index (χ1n) is 9.98. The molecule has 0 aliphatic carbocycles. The number of carbonyl (C=O) groups excluding carboxylic acids is 1. The molecule has 0 spiro atoms. The number of rotatable bonds is 6. The smallest absolute Gasteiger partial charge is 0.374 e. The summed E-state index contributed by atoms with van der Waals surface area (Å²) < 4.78 is 24.7. The van der Waals surface area contributed by atoms with Crippen LogP contribution >= 0.6 is 0 Å². The van der Waals surface area contributed by atoms with Crippen LogP contribution in [-0.2, 0) is 11.3 Å². The van der Waals surface area contributed by atoms with Crippen LogP contribution < -0.4 is 15.5 Å². The molecular weight excluding hydrogens is 405 g/mol. The summed E-state index contributed by atoms with van der Waals surface area (Å²) in [7, 11) is 0. The molecule has 31 heavy (non-hydrogen) atoms. The Kier molecular flexibility index (Phi) is 5.96. The van der Waals surface area contributed by atoms with Gasteiger partial charge in [-0.05, 0) is 43.3 Å². The van der Waals surface area contributed by atoms with Crippen molar-refractivity contribution in [3.63, 3.8) is 0 Å². The van der Waals surface area contributed by atoms with Gasteiger partial charge in [-0.2, -0.15) is 4.98 Å². The van der Waals surface area contributed by atoms with Crippen molar-refractivity contribution in [1.29, 1.82) is 0 Å². The third-order valence-electron chi connectivity index (χ3n) is 4.97. The quantitative estimate of drug-likeness (QED) is 0.551. The Balaban J connectivity index is 1.38. The summed E-state index contributed by atoms with van der Waals surface area (Å²) in [4.78, 5) is 36.6. The second kappa shape index (κ2) is 8.99. The van der Waals surface area contributed by atoms with Gasteiger partial charge in [0.1, 0.15) is 17.9 Å². The van der Waals surface area contributed by atoms with Crippen molar-refractivity contribution in [3.8, 4) is 0 Å². The minimum Gasteiger partial charge on any atom is -0.460 e. The van der Waals surface area contributed by atoms with Gasteiger partial charge in [0.05, 0.1) is 13.2 Å². The van der Waals surface area contributed by atoms with E-state index in [1.54, 1.807) is 25.1 Å². The molecule has 3 aromatic rings. The zero-order valence-corrected chi connectivity index (χ0v) is 17.0. The van der Waals surface area contributed by atoms with Crippen molar-refractivity contribution in [2.24, 2.45) is 0 Å². The molecule has 1 fully saturated rings. The highest BCUT2D eigenvalue weighted by atomic mass is 19.1. The molecule has 0 unspecified atom stereocenters. The highest BCUT2D eigenvalue weighted by Crippen LogP contribution is 2.18. The van der Waals surface area contributed by atoms with Gasteiger partial charge in [0.2, 0.25) is 11.7 Å². The SMILES string of the molecule is CCOC(=O)c1ccc(Cn2cnc(N3CCN(c4ccc(F)cc4)CC3)nc2=O)o1. The molecular formula is C21H22FN5O4. The molecule has 162 valence electrons. The average molecular weight is 427 g/mol. The van der Waals surface area contributed by atoms with E-state index < -0.39 is 11.7 Å². The van der Waals surface area contributed by atoms with Crippen LogP contribution in [0.4, 0.5) is 16.0 Å². The molecule has 1 aliphatic rings. The molecule has 2 aromatic heterocycles. The zero-order valence-electron chi connectivity index (χ0n) is 17.0. The normalized spacial score (nSPS) is 14.0. The summed E-state index contributed by atoms with van der Waals surface area (Å²) in [5, 5.41) is 0. The molecule has 0 radical (unpaired) electrons. The third kappa shape index (κ3) is 4.73. The van der Waals surface area contributed by atoms with Crippen LogP contribution in [0.5, 0.6) is 0 Å². The molecule has 0 amide bonds. The molecule has 1 aromatic carbocycles. The summed E-state index contributed by atoms with van der Waals surface area (Å²) in [6, 6.07) is 9.52. The van der Waals surface area contributed by atoms with Gasteiger partial charge < -0.3 is 19.0 Å². The largest absolute Gasteiger partial charge is 0.460 e. The number of piperazine rings is 1. The van der Waals surface area contributed by atoms with E-state index >= 15 is 0 Å². The lowest BCUT2D eigenvalue weighted by atomic mass is 10.2. The van der Waals surface area contributed by atoms with Crippen LogP contribution in [0, 0.1) is 5.82 Å². The summed E-state index contributed by atoms with van der Waals surface area (Å²) >= 11 is 0. The van der Waals surface area contributed by atoms with Crippen molar-refractivity contribution in [1.82, 2.24) is 14.5 Å². The van der Waals surface area contributed by atoms with Gasteiger partial charge in [0.25, 0.3) is 0 Å². The predicted octanol–water partition coefficient (Wildman–Crippen LogP) is 1.92. The molecule has 0 bridgehead atoms. The monoisotopic (exact) mass is 427 g/mol. The Morgan fingerprint density at radius 3 is 2.48 bits per heavy atom. The minimum atomic E-state index is -0.549. The second-order valence-electron chi connectivity index (χ2n) is 7.00. The molecule has 10 heteroatoms. The lowest BCUT2D eigenvalue weighted by molar-refractivity contribution is 0.0488. The Bertz CT molecular complexity index is 1100. The van der Waals surface area contributed by atoms with Gasteiger partial charge in [-0.3, -0.25) is 4.57 Å². The number of esters is 1. The van der Waals surface area contributed by atoms with Crippen molar-refractivity contribution >= 4 is 17.6 Å². The van der Waals surface area contributed by atoms with Crippen molar-refractivity contribution < 1.29 is 18.3 Å². The number of benzene rings is 1. The van der Waals surface area contributed by atoms with Crippen molar-refractivity contribution in [2.45, 2.75) is 13.5 Å². The highest BCUT2D eigenvalue weighted by Gasteiger charge is 2.20. The van der Waals surface area contributed by atoms with E-state index in [4.69, 9.17) is 9.15 Å². The Morgan fingerprint density at radius 1 is 1.10 bits per heavy atom. The predicted molar refractivity (Wildman–Crippen MR) is 111 cm³/mol. The van der Waals surface area contributed by atoms with Gasteiger partial charge in [-0.25, -0.2) is 19.0 Å². The van der Waals surface area contributed by atoms with Gasteiger partial charge in [-0.15, -0.1) is 0 Å². The van der Waals surface area contributed by atoms with E-state index in [2.05, 4.69) is 14.9 Å². The molecule has 3 heterocycles. The topological polar surface area (TPSA) is 93.7 Å². The first-order chi connectivity index (χ1) is 15.0. The van der Waals surface area contributed by atoms with Crippen molar-refractivity contribution in [2.75, 3.05) is 42.6 Å². The molecule has 4 rings (SSSR count). The number of hydrogen-bond donors (Lipinski definition) is 0. The second-order valence-corrected chi connectivity index (χ2v) is 7.00. The summed E-state index contributed by atoms with van der Waals surface area (Å²) in [6.07, 6.45) is 1.42. The molecule has 0 atom stereocenters. The maximum absolute atomic E-state index is 13.1. The molecule has 1 saturated heterocycles. The number of carbonyl (C=O) groups is 1. The maximum atomic E-state index is 13.1. The number of anilines is 2. The van der Waals surface area contributed by atoms with Gasteiger partial charge >= 0.3 is 11.7 Å². The first-order valence-corrected chi connectivity index (χ1v) is 9.98. The lowest BCUT2D eigenvalue weighted by Gasteiger charge is -2.36. The standard InChI is InChI=1S/C21H22FN5O4/c1-2-30-19(28)18-8-7-17(31-18)13-27-14-23-20(24-21(27)29)26-11-9-25(10-12-26)16-5-3-15(22)4-6-16/h3-8,14H,2,9-13H2,1H3. The summed E-state index contributed by atoms with van der Waals surface area (Å²) in [5.74, 6) is 0.0676. The summed E-state index contributed by atoms with van der Waals surface area (Å²) in [5.41, 5.74) is 0.498. The first kappa shape index (κ1) is 20.6. The van der Waals surface area contributed by atoms with E-state index in [1.165, 1.54) is 29.1 Å². The van der Waals surface area contributed by atoms with Gasteiger partial charge in [0, 0.05) is 31.9 Å². The van der Waals surface area contributed by atoms with Crippen LogP contribution in [0.15, 0.2) is 51.9 Å². The Hall–Kier alpha value is -3.69. The van der Waals surface area contributed by atoms with Crippen LogP contribution in [-0.4, -0.2) is 53.3 Å². The van der Waals surface area contributed by atoms with E-state index in [0.29, 0.717) is 37.9 Å². The van der Waals surface area contributed by atoms with Crippen molar-refractivity contribution in [3.05, 3.63) is 70.5 Å². The number of nitrogens with zero attached hydrogens (tertiary/aromatic N) is 5. The van der Waals surface area contributed by atoms with Crippen LogP contribution in [0.1, 0.15) is 23.2 Å². The number of furan rings is 1. The number of aromatic nitrogens is 3. The zero-order chi connectivity index (χ0) is 21.8. The number of halogens is 1. The average Bonchev–Trinajstić information content (AvgIpc) is 3.25. The summed E-state index contributed by atoms with van der Waals surface area (Å²) in [6.45, 7) is 4.77. The fourth-order valence-corrected chi connectivity index (χ4v) is 3.37. The Labute approximate surface area is 177 Å². The molecule has 0 N–H and O–H groups in total. The minimum absolute atomic E-state index is 0.0847. The van der Waals surface area contributed by atoms with E-state index in [1.807, 2.05) is 4.90 Å². The number of ether oxygens (including phenoxy) is 1. The maximum Gasteiger partial charge on any atom is 0.374 e. The van der Waals surface area contributed by atoms with Gasteiger partial charge in [-0.1, -0.05) is 0 Å². The highest BCUT2D eigenvalue weighted by molar-refractivity contribution is 5.86. The molecule has 0 saturated carbocycles.